The van der Waals surface area contributed by atoms with E-state index >= 15 is 0 Å². The van der Waals surface area contributed by atoms with Crippen molar-refractivity contribution >= 4 is 17.2 Å². The van der Waals surface area contributed by atoms with E-state index in [2.05, 4.69) is 4.99 Å². The quantitative estimate of drug-likeness (QED) is 0.227. The fourth-order valence-corrected chi connectivity index (χ4v) is 0.618. The second-order valence-electron chi connectivity index (χ2n) is 3.09. The summed E-state index contributed by atoms with van der Waals surface area (Å²) in [6, 6.07) is 0. The molecular weight excluding hydrogens is 205 g/mol. The van der Waals surface area contributed by atoms with Crippen molar-refractivity contribution in [3.63, 3.8) is 0 Å². The molecule has 1 atom stereocenters. The SMILES string of the molecule is CC(C)(C)OC([O-])=NCS(=O)O.[Na+]. The zero-order chi connectivity index (χ0) is 9.78. The van der Waals surface area contributed by atoms with Crippen LogP contribution in [-0.4, -0.2) is 26.3 Å². The van der Waals surface area contributed by atoms with E-state index in [-0.39, 0.29) is 29.6 Å². The van der Waals surface area contributed by atoms with E-state index in [1.54, 1.807) is 20.8 Å². The maximum atomic E-state index is 10.7. The normalized spacial score (nSPS) is 14.6. The monoisotopic (exact) mass is 217 g/mol. The molecule has 0 bridgehead atoms. The van der Waals surface area contributed by atoms with Crippen molar-refractivity contribution in [1.82, 2.24) is 0 Å². The van der Waals surface area contributed by atoms with Gasteiger partial charge in [-0.15, -0.1) is 0 Å². The Labute approximate surface area is 102 Å². The molecule has 0 aromatic rings. The Morgan fingerprint density at radius 2 is 2.08 bits per heavy atom. The predicted octanol–water partition coefficient (Wildman–Crippen LogP) is -3.30. The van der Waals surface area contributed by atoms with Crippen LogP contribution in [0.15, 0.2) is 4.99 Å². The molecule has 13 heavy (non-hydrogen) atoms. The van der Waals surface area contributed by atoms with Crippen molar-refractivity contribution in [1.29, 1.82) is 0 Å². The molecule has 0 heterocycles. The minimum absolute atomic E-state index is 0. The zero-order valence-electron chi connectivity index (χ0n) is 8.23. The summed E-state index contributed by atoms with van der Waals surface area (Å²) in [6.07, 6.45) is -0.815. The second kappa shape index (κ2) is 6.78. The Morgan fingerprint density at radius 3 is 2.38 bits per heavy atom. The zero-order valence-corrected chi connectivity index (χ0v) is 11.1. The van der Waals surface area contributed by atoms with Gasteiger partial charge in [0.05, 0.1) is 0 Å². The van der Waals surface area contributed by atoms with Gasteiger partial charge in [0, 0.05) is 5.60 Å². The van der Waals surface area contributed by atoms with Crippen LogP contribution >= 0.6 is 0 Å². The van der Waals surface area contributed by atoms with Crippen LogP contribution in [-0.2, 0) is 15.8 Å². The summed E-state index contributed by atoms with van der Waals surface area (Å²) in [5.74, 6) is -0.436. The fourth-order valence-electron chi connectivity index (χ4n) is 0.402. The molecule has 0 radical (unpaired) electrons. The molecular formula is C6H12NNaO4S. The Morgan fingerprint density at radius 1 is 1.62 bits per heavy atom. The smallest absolute Gasteiger partial charge is 0.595 e. The van der Waals surface area contributed by atoms with Crippen LogP contribution < -0.4 is 34.7 Å². The molecule has 0 aliphatic carbocycles. The number of hydrogen-bond donors (Lipinski definition) is 1. The standard InChI is InChI=1S/C6H13NO4S.Na/c1-6(2,3)11-5(8)7-4-12(9)10;/h4H2,1-3H3,(H,7,8)(H,9,10);/q;+1/p-1. The van der Waals surface area contributed by atoms with Crippen molar-refractivity contribution in [2.75, 3.05) is 5.88 Å². The summed E-state index contributed by atoms with van der Waals surface area (Å²) >= 11 is -2.08. The third-order valence-corrected chi connectivity index (χ3v) is 1.05. The van der Waals surface area contributed by atoms with Gasteiger partial charge in [0.25, 0.3) is 0 Å². The molecule has 0 fully saturated rings. The Hall–Kier alpha value is 0.380. The second-order valence-corrected chi connectivity index (χ2v) is 3.99. The molecule has 7 heteroatoms. The molecule has 5 nitrogen and oxygen atoms in total. The summed E-state index contributed by atoms with van der Waals surface area (Å²) in [5.41, 5.74) is -0.614. The molecule has 0 rings (SSSR count). The number of aliphatic imine (C=N–C) groups is 1. The van der Waals surface area contributed by atoms with E-state index < -0.39 is 28.6 Å². The predicted molar refractivity (Wildman–Crippen MR) is 43.9 cm³/mol. The molecule has 0 aromatic carbocycles. The first-order valence-electron chi connectivity index (χ1n) is 3.29. The number of hydrogen-bond acceptors (Lipinski definition) is 4. The topological polar surface area (TPSA) is 82.0 Å². The van der Waals surface area contributed by atoms with Crippen LogP contribution in [0.3, 0.4) is 0 Å². The van der Waals surface area contributed by atoms with E-state index in [0.717, 1.165) is 0 Å². The molecule has 0 saturated heterocycles. The van der Waals surface area contributed by atoms with Gasteiger partial charge in [0.2, 0.25) is 0 Å². The molecule has 1 N–H and O–H groups in total. The van der Waals surface area contributed by atoms with Crippen LogP contribution in [0, 0.1) is 0 Å². The van der Waals surface area contributed by atoms with Gasteiger partial charge in [0.15, 0.2) is 11.1 Å². The van der Waals surface area contributed by atoms with Crippen LogP contribution in [0.25, 0.3) is 0 Å². The summed E-state index contributed by atoms with van der Waals surface area (Å²) < 4.78 is 23.1. The van der Waals surface area contributed by atoms with E-state index in [0.29, 0.717) is 0 Å². The minimum Gasteiger partial charge on any atom is -0.595 e. The van der Waals surface area contributed by atoms with E-state index in [4.69, 9.17) is 9.29 Å². The number of rotatable bonds is 2. The van der Waals surface area contributed by atoms with Gasteiger partial charge in [-0.05, 0) is 0 Å². The molecule has 72 valence electrons. The first-order valence-corrected chi connectivity index (χ1v) is 4.57. The van der Waals surface area contributed by atoms with Crippen molar-refractivity contribution < 1.29 is 48.2 Å². The van der Waals surface area contributed by atoms with Gasteiger partial charge in [-0.25, -0.2) is 4.21 Å². The van der Waals surface area contributed by atoms with Gasteiger partial charge in [-0.3, -0.25) is 4.99 Å². The number of nitrogens with zero attached hydrogens (tertiary/aromatic N) is 1. The first kappa shape index (κ1) is 15.8. The van der Waals surface area contributed by atoms with Crippen molar-refractivity contribution in [3.8, 4) is 0 Å². The van der Waals surface area contributed by atoms with Gasteiger partial charge in [0.1, 0.15) is 12.0 Å². The van der Waals surface area contributed by atoms with Crippen LogP contribution in [0.2, 0.25) is 0 Å². The third kappa shape index (κ3) is 12.4. The largest absolute Gasteiger partial charge is 1.00 e. The fraction of sp³-hybridized carbons (Fsp3) is 0.833. The summed E-state index contributed by atoms with van der Waals surface area (Å²) in [4.78, 5) is 3.20. The average molecular weight is 217 g/mol. The van der Waals surface area contributed by atoms with Crippen molar-refractivity contribution in [3.05, 3.63) is 0 Å². The van der Waals surface area contributed by atoms with Crippen molar-refractivity contribution in [2.45, 2.75) is 26.4 Å². The van der Waals surface area contributed by atoms with Gasteiger partial charge in [-0.1, -0.05) is 20.8 Å². The Balaban J connectivity index is 0. The first-order chi connectivity index (χ1) is 5.31. The molecule has 0 saturated carbocycles. The van der Waals surface area contributed by atoms with Crippen molar-refractivity contribution in [2.24, 2.45) is 4.99 Å². The van der Waals surface area contributed by atoms with Gasteiger partial charge < -0.3 is 14.4 Å². The van der Waals surface area contributed by atoms with Gasteiger partial charge >= 0.3 is 29.6 Å². The summed E-state index contributed by atoms with van der Waals surface area (Å²) in [6.45, 7) is 5.07. The molecule has 0 aliphatic rings. The third-order valence-electron chi connectivity index (χ3n) is 0.698. The molecule has 0 aliphatic heterocycles. The molecule has 1 unspecified atom stereocenters. The summed E-state index contributed by atoms with van der Waals surface area (Å²) in [7, 11) is 0. The molecule has 0 aromatic heterocycles. The van der Waals surface area contributed by atoms with Crippen LogP contribution in [0.5, 0.6) is 0 Å². The molecule has 0 amide bonds. The van der Waals surface area contributed by atoms with E-state index in [1.807, 2.05) is 0 Å². The number of ether oxygens (including phenoxy) is 1. The van der Waals surface area contributed by atoms with E-state index in [9.17, 15) is 9.32 Å². The maximum absolute atomic E-state index is 10.7. The van der Waals surface area contributed by atoms with Gasteiger partial charge in [-0.2, -0.15) is 0 Å². The van der Waals surface area contributed by atoms with Crippen LogP contribution in [0.1, 0.15) is 20.8 Å². The Bertz CT molecular complexity index is 201. The van der Waals surface area contributed by atoms with Crippen LogP contribution in [0.4, 0.5) is 0 Å². The summed E-state index contributed by atoms with van der Waals surface area (Å²) in [5, 5.41) is 10.7. The average Bonchev–Trinajstić information content (AvgIpc) is 1.79. The maximum Gasteiger partial charge on any atom is 1.00 e. The molecule has 0 spiro atoms. The minimum atomic E-state index is -2.08. The Kier molecular flexibility index (Phi) is 8.26. The van der Waals surface area contributed by atoms with E-state index in [1.165, 1.54) is 0 Å².